The van der Waals surface area contributed by atoms with Gasteiger partial charge in [0.1, 0.15) is 0 Å². The topological polar surface area (TPSA) is 44.1 Å². The second-order valence-electron chi connectivity index (χ2n) is 4.36. The van der Waals surface area contributed by atoms with E-state index in [0.29, 0.717) is 17.1 Å². The normalized spacial score (nSPS) is 9.95. The lowest BCUT2D eigenvalue weighted by Crippen LogP contribution is -2.31. The lowest BCUT2D eigenvalue weighted by atomic mass is 10.1. The molecule has 2 rings (SSSR count). The van der Waals surface area contributed by atoms with Gasteiger partial charge in [-0.2, -0.15) is 5.26 Å². The van der Waals surface area contributed by atoms with Crippen LogP contribution in [0.3, 0.4) is 0 Å². The first-order valence-corrected chi connectivity index (χ1v) is 7.49. The first kappa shape index (κ1) is 15.6. The van der Waals surface area contributed by atoms with Gasteiger partial charge in [0.15, 0.2) is 0 Å². The number of rotatable bonds is 4. The molecule has 0 bridgehead atoms. The summed E-state index contributed by atoms with van der Waals surface area (Å²) in [6.45, 7) is 0.337. The Balaban J connectivity index is 2.36. The van der Waals surface area contributed by atoms with Crippen LogP contribution in [0.5, 0.6) is 0 Å². The number of nitriles is 1. The Labute approximate surface area is 136 Å². The fourth-order valence-corrected chi connectivity index (χ4v) is 2.81. The number of hydrogen-bond donors (Lipinski definition) is 0. The molecule has 0 aromatic heterocycles. The first-order valence-electron chi connectivity index (χ1n) is 6.32. The minimum absolute atomic E-state index is 0.181. The van der Waals surface area contributed by atoms with Crippen molar-refractivity contribution in [3.63, 3.8) is 0 Å². The van der Waals surface area contributed by atoms with Crippen LogP contribution in [0.2, 0.25) is 5.02 Å². The average molecular weight is 364 g/mol. The molecule has 0 N–H and O–H groups in total. The molecule has 0 spiro atoms. The molecule has 0 radical (unpaired) electrons. The van der Waals surface area contributed by atoms with E-state index in [1.54, 1.807) is 23.1 Å². The Morgan fingerprint density at radius 1 is 1.24 bits per heavy atom. The van der Waals surface area contributed by atoms with Crippen LogP contribution >= 0.6 is 27.5 Å². The number of carbonyl (C=O) groups excluding carboxylic acids is 1. The average Bonchev–Trinajstić information content (AvgIpc) is 2.47. The van der Waals surface area contributed by atoms with E-state index in [1.165, 1.54) is 0 Å². The molecule has 0 heterocycles. The maximum atomic E-state index is 12.7. The van der Waals surface area contributed by atoms with Crippen molar-refractivity contribution in [1.82, 2.24) is 0 Å². The van der Waals surface area contributed by atoms with E-state index in [1.807, 2.05) is 30.3 Å². The third-order valence-electron chi connectivity index (χ3n) is 2.87. The van der Waals surface area contributed by atoms with E-state index in [4.69, 9.17) is 16.9 Å². The molecule has 21 heavy (non-hydrogen) atoms. The van der Waals surface area contributed by atoms with Crippen molar-refractivity contribution in [1.29, 1.82) is 5.26 Å². The van der Waals surface area contributed by atoms with Gasteiger partial charge >= 0.3 is 0 Å². The van der Waals surface area contributed by atoms with Crippen LogP contribution in [0.25, 0.3) is 0 Å². The van der Waals surface area contributed by atoms with Crippen molar-refractivity contribution in [3.05, 3.63) is 63.6 Å². The van der Waals surface area contributed by atoms with Crippen LogP contribution < -0.4 is 4.90 Å². The van der Waals surface area contributed by atoms with E-state index in [9.17, 15) is 4.79 Å². The van der Waals surface area contributed by atoms with Crippen LogP contribution in [0.15, 0.2) is 53.0 Å². The summed E-state index contributed by atoms with van der Waals surface area (Å²) in [7, 11) is 0. The van der Waals surface area contributed by atoms with Gasteiger partial charge in [0.05, 0.1) is 12.5 Å². The zero-order chi connectivity index (χ0) is 15.2. The highest BCUT2D eigenvalue weighted by Gasteiger charge is 2.18. The Morgan fingerprint density at radius 3 is 2.57 bits per heavy atom. The second-order valence-corrected chi connectivity index (χ2v) is 5.71. The van der Waals surface area contributed by atoms with E-state index in [2.05, 4.69) is 22.0 Å². The van der Waals surface area contributed by atoms with E-state index >= 15 is 0 Å². The van der Waals surface area contributed by atoms with Crippen molar-refractivity contribution in [3.8, 4) is 6.07 Å². The highest BCUT2D eigenvalue weighted by molar-refractivity contribution is 9.10. The van der Waals surface area contributed by atoms with Crippen molar-refractivity contribution < 1.29 is 4.79 Å². The SMILES string of the molecule is N#CCCN(C(=O)c1cc(Cl)cc(Br)c1)c1ccccc1. The fraction of sp³-hybridized carbons (Fsp3) is 0.125. The van der Waals surface area contributed by atoms with Gasteiger partial charge in [-0.3, -0.25) is 4.79 Å². The van der Waals surface area contributed by atoms with Gasteiger partial charge in [-0.1, -0.05) is 45.7 Å². The number of amides is 1. The van der Waals surface area contributed by atoms with Crippen LogP contribution in [0.1, 0.15) is 16.8 Å². The molecule has 5 heteroatoms. The Morgan fingerprint density at radius 2 is 1.95 bits per heavy atom. The Kier molecular flexibility index (Phi) is 5.38. The minimum Gasteiger partial charge on any atom is -0.307 e. The molecule has 0 unspecified atom stereocenters. The molecule has 0 fully saturated rings. The minimum atomic E-state index is -0.181. The Hall–Kier alpha value is -1.83. The van der Waals surface area contributed by atoms with Crippen molar-refractivity contribution in [2.75, 3.05) is 11.4 Å². The molecule has 0 saturated carbocycles. The molecule has 2 aromatic carbocycles. The molecule has 0 aliphatic heterocycles. The van der Waals surface area contributed by atoms with E-state index in [0.717, 1.165) is 10.2 Å². The number of hydrogen-bond acceptors (Lipinski definition) is 2. The van der Waals surface area contributed by atoms with Gasteiger partial charge in [0.25, 0.3) is 5.91 Å². The van der Waals surface area contributed by atoms with Crippen molar-refractivity contribution in [2.24, 2.45) is 0 Å². The van der Waals surface area contributed by atoms with Gasteiger partial charge in [0, 0.05) is 27.3 Å². The third-order valence-corrected chi connectivity index (χ3v) is 3.55. The summed E-state index contributed by atoms with van der Waals surface area (Å²) < 4.78 is 0.742. The first-order chi connectivity index (χ1) is 10.1. The molecule has 0 aliphatic carbocycles. The molecule has 3 nitrogen and oxygen atoms in total. The number of nitrogens with zero attached hydrogens (tertiary/aromatic N) is 2. The molecule has 1 amide bonds. The monoisotopic (exact) mass is 362 g/mol. The summed E-state index contributed by atoms with van der Waals surface area (Å²) in [5, 5.41) is 9.27. The molecule has 0 aliphatic rings. The molecular weight excluding hydrogens is 352 g/mol. The summed E-state index contributed by atoms with van der Waals surface area (Å²) in [6.07, 6.45) is 0.266. The summed E-state index contributed by atoms with van der Waals surface area (Å²) in [6, 6.07) is 16.4. The zero-order valence-corrected chi connectivity index (χ0v) is 13.4. The van der Waals surface area contributed by atoms with Crippen LogP contribution in [-0.2, 0) is 0 Å². The van der Waals surface area contributed by atoms with Crippen LogP contribution in [0, 0.1) is 11.3 Å². The summed E-state index contributed by atoms with van der Waals surface area (Å²) in [5.41, 5.74) is 1.24. The van der Waals surface area contributed by atoms with E-state index < -0.39 is 0 Å². The van der Waals surface area contributed by atoms with Crippen LogP contribution in [0.4, 0.5) is 5.69 Å². The molecular formula is C16H12BrClN2O. The quantitative estimate of drug-likeness (QED) is 0.792. The fourth-order valence-electron chi connectivity index (χ4n) is 1.95. The summed E-state index contributed by atoms with van der Waals surface area (Å²) in [5.74, 6) is -0.181. The summed E-state index contributed by atoms with van der Waals surface area (Å²) >= 11 is 9.33. The number of benzene rings is 2. The number of halogens is 2. The molecule has 2 aromatic rings. The molecule has 106 valence electrons. The number of anilines is 1. The maximum absolute atomic E-state index is 12.7. The molecule has 0 saturated heterocycles. The second kappa shape index (κ2) is 7.26. The number of carbonyl (C=O) groups is 1. The van der Waals surface area contributed by atoms with Crippen molar-refractivity contribution in [2.45, 2.75) is 6.42 Å². The third kappa shape index (κ3) is 4.07. The van der Waals surface area contributed by atoms with Gasteiger partial charge in [-0.05, 0) is 30.3 Å². The van der Waals surface area contributed by atoms with Gasteiger partial charge < -0.3 is 4.90 Å². The lowest BCUT2D eigenvalue weighted by molar-refractivity contribution is 0.0987. The highest BCUT2D eigenvalue weighted by atomic mass is 79.9. The molecule has 0 atom stereocenters. The number of para-hydroxylation sites is 1. The van der Waals surface area contributed by atoms with E-state index in [-0.39, 0.29) is 12.3 Å². The predicted molar refractivity (Wildman–Crippen MR) is 87.5 cm³/mol. The van der Waals surface area contributed by atoms with Gasteiger partial charge in [-0.15, -0.1) is 0 Å². The lowest BCUT2D eigenvalue weighted by Gasteiger charge is -2.22. The smallest absolute Gasteiger partial charge is 0.258 e. The largest absolute Gasteiger partial charge is 0.307 e. The highest BCUT2D eigenvalue weighted by Crippen LogP contribution is 2.23. The Bertz CT molecular complexity index is 662. The van der Waals surface area contributed by atoms with Gasteiger partial charge in [0.2, 0.25) is 0 Å². The standard InChI is InChI=1S/C16H12BrClN2O/c17-13-9-12(10-14(18)11-13)16(21)20(8-4-7-19)15-5-2-1-3-6-15/h1-3,5-6,9-11H,4,8H2. The predicted octanol–water partition coefficient (Wildman–Crippen LogP) is 4.66. The summed E-state index contributed by atoms with van der Waals surface area (Å²) in [4.78, 5) is 14.3. The maximum Gasteiger partial charge on any atom is 0.258 e. The van der Waals surface area contributed by atoms with Crippen molar-refractivity contribution >= 4 is 39.1 Å². The van der Waals surface area contributed by atoms with Gasteiger partial charge in [-0.25, -0.2) is 0 Å². The van der Waals surface area contributed by atoms with Crippen LogP contribution in [-0.4, -0.2) is 12.5 Å². The zero-order valence-electron chi connectivity index (χ0n) is 11.1.